The summed E-state index contributed by atoms with van der Waals surface area (Å²) >= 11 is 0. The van der Waals surface area contributed by atoms with Crippen molar-refractivity contribution in [1.29, 1.82) is 0 Å². The van der Waals surface area contributed by atoms with Gasteiger partial charge in [-0.15, -0.1) is 8.78 Å². The van der Waals surface area contributed by atoms with Gasteiger partial charge in [0.15, 0.2) is 17.3 Å². The van der Waals surface area contributed by atoms with Gasteiger partial charge in [0.1, 0.15) is 0 Å². The van der Waals surface area contributed by atoms with Crippen LogP contribution >= 0.6 is 0 Å². The Hall–Kier alpha value is -3.99. The molecule has 43 heavy (non-hydrogen) atoms. The summed E-state index contributed by atoms with van der Waals surface area (Å²) in [5.74, 6) is -4.25. The number of nitrogens with zero attached hydrogens (tertiary/aromatic N) is 3. The number of aromatic nitrogens is 2. The zero-order valence-electron chi connectivity index (χ0n) is 22.5. The smallest absolute Gasteiger partial charge is 0.468 e. The highest BCUT2D eigenvalue weighted by Gasteiger charge is 2.45. The second-order valence-corrected chi connectivity index (χ2v) is 12.0. The quantitative estimate of drug-likeness (QED) is 0.296. The van der Waals surface area contributed by atoms with E-state index in [1.54, 1.807) is 0 Å². The number of carbonyl (C=O) groups is 2. The maximum absolute atomic E-state index is 14.0. The Morgan fingerprint density at radius 1 is 1.14 bits per heavy atom. The number of rotatable bonds is 8. The number of sulfonamides is 1. The molecule has 0 aliphatic carbocycles. The first-order chi connectivity index (χ1) is 20.2. The maximum atomic E-state index is 14.0. The molecule has 1 saturated heterocycles. The predicted octanol–water partition coefficient (Wildman–Crippen LogP) is 3.37. The predicted molar refractivity (Wildman–Crippen MR) is 139 cm³/mol. The molecule has 232 valence electrons. The van der Waals surface area contributed by atoms with Crippen LogP contribution in [0.3, 0.4) is 0 Å². The van der Waals surface area contributed by atoms with E-state index in [9.17, 15) is 40.0 Å². The number of alkyl halides is 5. The van der Waals surface area contributed by atoms with Gasteiger partial charge in [0.05, 0.1) is 24.7 Å². The molecule has 0 spiro atoms. The van der Waals surface area contributed by atoms with E-state index in [-0.39, 0.29) is 59.2 Å². The Morgan fingerprint density at radius 2 is 1.86 bits per heavy atom. The minimum atomic E-state index is -4.90. The van der Waals surface area contributed by atoms with E-state index in [1.807, 2.05) is 0 Å². The maximum Gasteiger partial charge on any atom is 0.586 e. The third kappa shape index (κ3) is 6.51. The molecule has 5 rings (SSSR count). The number of amides is 1. The molecule has 11 nitrogen and oxygen atoms in total. The summed E-state index contributed by atoms with van der Waals surface area (Å²) in [5, 5.41) is 2.72. The van der Waals surface area contributed by atoms with E-state index in [1.165, 1.54) is 40.7 Å². The molecule has 0 atom stereocenters. The Bertz CT molecular complexity index is 1670. The van der Waals surface area contributed by atoms with E-state index in [0.717, 1.165) is 11.7 Å². The molecule has 0 radical (unpaired) electrons. The minimum absolute atomic E-state index is 0.00504. The van der Waals surface area contributed by atoms with E-state index in [0.29, 0.717) is 12.8 Å². The van der Waals surface area contributed by atoms with Crippen LogP contribution in [0.15, 0.2) is 36.4 Å². The Labute approximate surface area is 241 Å². The van der Waals surface area contributed by atoms with Gasteiger partial charge < -0.3 is 24.1 Å². The number of ether oxygens (including phenoxy) is 3. The number of para-hydroxylation sites is 1. The third-order valence-corrected chi connectivity index (χ3v) is 8.90. The van der Waals surface area contributed by atoms with Crippen LogP contribution in [-0.4, -0.2) is 72.9 Å². The fourth-order valence-electron chi connectivity index (χ4n) is 5.00. The van der Waals surface area contributed by atoms with Crippen molar-refractivity contribution in [2.45, 2.75) is 31.9 Å². The van der Waals surface area contributed by atoms with Crippen molar-refractivity contribution in [3.63, 3.8) is 0 Å². The van der Waals surface area contributed by atoms with Crippen molar-refractivity contribution >= 4 is 32.9 Å². The van der Waals surface area contributed by atoms with E-state index in [2.05, 4.69) is 24.5 Å². The summed E-state index contributed by atoms with van der Waals surface area (Å²) in [6.07, 6.45) is -8.02. The number of hydrogen-bond acceptors (Lipinski definition) is 8. The van der Waals surface area contributed by atoms with Crippen LogP contribution in [0.2, 0.25) is 0 Å². The first-order valence-corrected chi connectivity index (χ1v) is 14.6. The number of halogens is 5. The van der Waals surface area contributed by atoms with Crippen LogP contribution in [0.25, 0.3) is 11.0 Å². The summed E-state index contributed by atoms with van der Waals surface area (Å²) in [5.41, 5.74) is -0.0850. The van der Waals surface area contributed by atoms with Crippen molar-refractivity contribution in [3.05, 3.63) is 53.3 Å². The summed E-state index contributed by atoms with van der Waals surface area (Å²) in [4.78, 5) is 27.9. The number of methoxy groups -OCH3 is 1. The molecule has 2 aromatic carbocycles. The molecule has 3 aromatic rings. The van der Waals surface area contributed by atoms with Gasteiger partial charge in [-0.05, 0) is 43.0 Å². The molecular weight excluding hydrogens is 607 g/mol. The van der Waals surface area contributed by atoms with Gasteiger partial charge in [-0.2, -0.15) is 13.2 Å². The lowest BCUT2D eigenvalue weighted by Gasteiger charge is -2.31. The highest BCUT2D eigenvalue weighted by Crippen LogP contribution is 2.44. The van der Waals surface area contributed by atoms with Crippen molar-refractivity contribution in [3.8, 4) is 11.5 Å². The average Bonchev–Trinajstić information content (AvgIpc) is 3.47. The Kier molecular flexibility index (Phi) is 7.98. The van der Waals surface area contributed by atoms with Crippen LogP contribution < -0.4 is 14.8 Å². The number of esters is 1. The summed E-state index contributed by atoms with van der Waals surface area (Å²) < 4.78 is 109. The van der Waals surface area contributed by atoms with Gasteiger partial charge in [0, 0.05) is 30.8 Å². The third-order valence-electron chi connectivity index (χ3n) is 7.15. The highest BCUT2D eigenvalue weighted by molar-refractivity contribution is 7.89. The molecule has 0 saturated carbocycles. The number of hydrogen-bond donors (Lipinski definition) is 1. The largest absolute Gasteiger partial charge is 0.586 e. The van der Waals surface area contributed by atoms with Crippen LogP contribution in [-0.2, 0) is 32.3 Å². The van der Waals surface area contributed by atoms with E-state index < -0.39 is 52.5 Å². The number of piperidine rings is 1. The first kappa shape index (κ1) is 30.5. The molecular formula is C26H25F5N4O7S. The van der Waals surface area contributed by atoms with E-state index in [4.69, 9.17) is 0 Å². The van der Waals surface area contributed by atoms with Crippen molar-refractivity contribution in [2.75, 3.05) is 32.5 Å². The number of benzene rings is 2. The number of nitrogens with one attached hydrogen (secondary N) is 1. The lowest BCUT2D eigenvalue weighted by molar-refractivity contribution is -0.287. The van der Waals surface area contributed by atoms with Crippen LogP contribution in [0.4, 0.5) is 22.0 Å². The van der Waals surface area contributed by atoms with Crippen LogP contribution in [0, 0.1) is 5.92 Å². The Balaban J connectivity index is 1.28. The molecule has 0 bridgehead atoms. The number of fused-ring (bicyclic) bond motifs is 2. The highest BCUT2D eigenvalue weighted by atomic mass is 32.2. The SMILES string of the molecule is COC(=O)CS(=O)(=O)N1CCC(CNC(=O)c2ccc3c(c2)nc(C(F)(F)F)n3Cc2cccc3c2OC(F)(F)O3)CC1. The van der Waals surface area contributed by atoms with Crippen LogP contribution in [0.5, 0.6) is 11.5 Å². The molecule has 2 aliphatic heterocycles. The summed E-state index contributed by atoms with van der Waals surface area (Å²) in [6, 6.07) is 7.68. The zero-order valence-corrected chi connectivity index (χ0v) is 23.3. The van der Waals surface area contributed by atoms with Gasteiger partial charge in [0.2, 0.25) is 15.8 Å². The van der Waals surface area contributed by atoms with Gasteiger partial charge in [-0.3, -0.25) is 9.59 Å². The van der Waals surface area contributed by atoms with E-state index >= 15 is 0 Å². The normalized spacial score (nSPS) is 17.3. The van der Waals surface area contributed by atoms with Crippen molar-refractivity contribution in [1.82, 2.24) is 19.2 Å². The van der Waals surface area contributed by atoms with Crippen molar-refractivity contribution < 1.29 is 54.2 Å². The molecule has 1 amide bonds. The minimum Gasteiger partial charge on any atom is -0.468 e. The number of carbonyl (C=O) groups excluding carboxylic acids is 2. The second kappa shape index (κ2) is 11.3. The van der Waals surface area contributed by atoms with Crippen LogP contribution in [0.1, 0.15) is 34.6 Å². The zero-order chi connectivity index (χ0) is 31.2. The van der Waals surface area contributed by atoms with Gasteiger partial charge >= 0.3 is 18.4 Å². The molecule has 1 N–H and O–H groups in total. The molecule has 3 heterocycles. The lowest BCUT2D eigenvalue weighted by Crippen LogP contribution is -2.43. The van der Waals surface area contributed by atoms with Gasteiger partial charge in [0.25, 0.3) is 5.91 Å². The fraction of sp³-hybridized carbons (Fsp3) is 0.423. The molecule has 1 fully saturated rings. The Morgan fingerprint density at radius 3 is 2.53 bits per heavy atom. The molecule has 17 heteroatoms. The average molecular weight is 633 g/mol. The second-order valence-electron chi connectivity index (χ2n) is 10.0. The lowest BCUT2D eigenvalue weighted by atomic mass is 9.98. The topological polar surface area (TPSA) is 129 Å². The summed E-state index contributed by atoms with van der Waals surface area (Å²) in [6.45, 7) is -0.0187. The monoisotopic (exact) mass is 632 g/mol. The standard InChI is InChI=1S/C26H25F5N4O7S/c1-40-21(36)14-43(38,39)34-9-7-15(8-10-34)12-32-23(37)16-5-6-19-18(11-16)33-24(25(27,28)29)35(19)13-17-3-2-4-20-22(17)42-26(30,31)41-20/h2-6,11,15H,7-10,12-14H2,1H3,(H,32,37). The van der Waals surface area contributed by atoms with Crippen molar-refractivity contribution in [2.24, 2.45) is 5.92 Å². The fourth-order valence-corrected chi connectivity index (χ4v) is 6.36. The molecule has 0 unspecified atom stereocenters. The van der Waals surface area contributed by atoms with Gasteiger partial charge in [-0.1, -0.05) is 12.1 Å². The first-order valence-electron chi connectivity index (χ1n) is 12.9. The molecule has 1 aromatic heterocycles. The van der Waals surface area contributed by atoms with Gasteiger partial charge in [-0.25, -0.2) is 17.7 Å². The number of imidazole rings is 1. The summed E-state index contributed by atoms with van der Waals surface area (Å²) in [7, 11) is -2.72. The molecule has 2 aliphatic rings.